The standard InChI is InChI=1S/C20H29N5S.HI/c1-3-21-20(23-13-16(2)18-7-6-12-26-18)24-15-17-8-9-19(22-14-17)25-10-4-5-11-25;/h6-9,12,14,16H,3-5,10-11,13,15H2,1-2H3,(H2,21,23,24);1H. The molecule has 0 spiro atoms. The van der Waals surface area contributed by atoms with Gasteiger partial charge in [0, 0.05) is 43.2 Å². The average molecular weight is 499 g/mol. The SMILES string of the molecule is CCNC(=NCc1ccc(N2CCCC2)nc1)NCC(C)c1cccs1.I. The zero-order chi connectivity index (χ0) is 18.2. The quantitative estimate of drug-likeness (QED) is 0.341. The molecule has 3 rings (SSSR count). The number of thiophene rings is 1. The van der Waals surface area contributed by atoms with E-state index in [1.54, 1.807) is 11.3 Å². The van der Waals surface area contributed by atoms with Gasteiger partial charge in [0.05, 0.1) is 6.54 Å². The monoisotopic (exact) mass is 499 g/mol. The van der Waals surface area contributed by atoms with Crippen molar-refractivity contribution in [2.75, 3.05) is 31.1 Å². The summed E-state index contributed by atoms with van der Waals surface area (Å²) in [6.45, 7) is 8.94. The molecule has 1 aliphatic heterocycles. The lowest BCUT2D eigenvalue weighted by atomic mass is 10.1. The second-order valence-corrected chi connectivity index (χ2v) is 7.69. The molecule has 0 bridgehead atoms. The summed E-state index contributed by atoms with van der Waals surface area (Å²) in [5, 5.41) is 8.90. The Morgan fingerprint density at radius 3 is 2.70 bits per heavy atom. The van der Waals surface area contributed by atoms with Crippen LogP contribution in [0.25, 0.3) is 0 Å². The minimum atomic E-state index is 0. The van der Waals surface area contributed by atoms with Crippen LogP contribution in [-0.4, -0.2) is 37.1 Å². The number of aromatic nitrogens is 1. The summed E-state index contributed by atoms with van der Waals surface area (Å²) in [5.74, 6) is 2.42. The molecule has 7 heteroatoms. The molecular weight excluding hydrogens is 469 g/mol. The van der Waals surface area contributed by atoms with Gasteiger partial charge in [-0.05, 0) is 42.8 Å². The maximum Gasteiger partial charge on any atom is 0.191 e. The lowest BCUT2D eigenvalue weighted by molar-refractivity contribution is 0.709. The van der Waals surface area contributed by atoms with Gasteiger partial charge in [-0.1, -0.05) is 19.1 Å². The van der Waals surface area contributed by atoms with E-state index < -0.39 is 0 Å². The Balaban J connectivity index is 0.00000261. The molecule has 1 unspecified atom stereocenters. The first-order valence-corrected chi connectivity index (χ1v) is 10.4. The van der Waals surface area contributed by atoms with Crippen molar-refractivity contribution in [3.63, 3.8) is 0 Å². The van der Waals surface area contributed by atoms with Gasteiger partial charge in [0.25, 0.3) is 0 Å². The van der Waals surface area contributed by atoms with Crippen molar-refractivity contribution in [2.45, 2.75) is 39.2 Å². The number of hydrogen-bond acceptors (Lipinski definition) is 4. The number of nitrogens with one attached hydrogen (secondary N) is 2. The zero-order valence-electron chi connectivity index (χ0n) is 16.1. The number of anilines is 1. The van der Waals surface area contributed by atoms with Crippen LogP contribution < -0.4 is 15.5 Å². The number of nitrogens with zero attached hydrogens (tertiary/aromatic N) is 3. The lowest BCUT2D eigenvalue weighted by Crippen LogP contribution is -2.39. The van der Waals surface area contributed by atoms with Gasteiger partial charge in [-0.15, -0.1) is 35.3 Å². The first kappa shape index (κ1) is 21.9. The highest BCUT2D eigenvalue weighted by molar-refractivity contribution is 14.0. The molecule has 2 aromatic heterocycles. The summed E-state index contributed by atoms with van der Waals surface area (Å²) in [6, 6.07) is 8.56. The summed E-state index contributed by atoms with van der Waals surface area (Å²) in [5.41, 5.74) is 1.14. The van der Waals surface area contributed by atoms with Gasteiger partial charge in [-0.25, -0.2) is 9.98 Å². The topological polar surface area (TPSA) is 52.6 Å². The Bertz CT molecular complexity index is 681. The Hall–Kier alpha value is -1.35. The third-order valence-corrected chi connectivity index (χ3v) is 5.71. The third-order valence-electron chi connectivity index (χ3n) is 4.61. The molecule has 2 N–H and O–H groups in total. The fourth-order valence-corrected chi connectivity index (χ4v) is 3.86. The molecule has 1 fully saturated rings. The molecule has 0 aromatic carbocycles. The molecule has 1 saturated heterocycles. The smallest absolute Gasteiger partial charge is 0.191 e. The Labute approximate surface area is 183 Å². The molecule has 0 saturated carbocycles. The molecular formula is C20H30IN5S. The first-order chi connectivity index (χ1) is 12.8. The highest BCUT2D eigenvalue weighted by Gasteiger charge is 2.13. The van der Waals surface area contributed by atoms with Gasteiger partial charge >= 0.3 is 0 Å². The maximum absolute atomic E-state index is 4.71. The van der Waals surface area contributed by atoms with Gasteiger partial charge in [0.1, 0.15) is 5.82 Å². The van der Waals surface area contributed by atoms with E-state index in [0.717, 1.165) is 43.5 Å². The third kappa shape index (κ3) is 6.64. The van der Waals surface area contributed by atoms with Crippen molar-refractivity contribution < 1.29 is 0 Å². The molecule has 0 radical (unpaired) electrons. The van der Waals surface area contributed by atoms with E-state index in [1.165, 1.54) is 17.7 Å². The fourth-order valence-electron chi connectivity index (χ4n) is 3.08. The molecule has 0 amide bonds. The van der Waals surface area contributed by atoms with Gasteiger partial charge < -0.3 is 15.5 Å². The van der Waals surface area contributed by atoms with Crippen molar-refractivity contribution in [3.8, 4) is 0 Å². The highest BCUT2D eigenvalue weighted by Crippen LogP contribution is 2.20. The molecule has 148 valence electrons. The van der Waals surface area contributed by atoms with Crippen molar-refractivity contribution in [1.82, 2.24) is 15.6 Å². The predicted molar refractivity (Wildman–Crippen MR) is 127 cm³/mol. The highest BCUT2D eigenvalue weighted by atomic mass is 127. The number of hydrogen-bond donors (Lipinski definition) is 2. The molecule has 2 aromatic rings. The van der Waals surface area contributed by atoms with E-state index in [-0.39, 0.29) is 24.0 Å². The largest absolute Gasteiger partial charge is 0.357 e. The van der Waals surface area contributed by atoms with E-state index in [4.69, 9.17) is 4.99 Å². The summed E-state index contributed by atoms with van der Waals surface area (Å²) < 4.78 is 0. The average Bonchev–Trinajstić information content (AvgIpc) is 3.38. The van der Waals surface area contributed by atoms with Crippen LogP contribution in [0.1, 0.15) is 43.0 Å². The normalized spacial score (nSPS) is 15.3. The van der Waals surface area contributed by atoms with Crippen molar-refractivity contribution in [2.24, 2.45) is 4.99 Å². The van der Waals surface area contributed by atoms with Crippen molar-refractivity contribution in [3.05, 3.63) is 46.3 Å². The van der Waals surface area contributed by atoms with Crippen LogP contribution in [0.4, 0.5) is 5.82 Å². The molecule has 1 aliphatic rings. The lowest BCUT2D eigenvalue weighted by Gasteiger charge is -2.16. The molecule has 0 aliphatic carbocycles. The Morgan fingerprint density at radius 1 is 1.26 bits per heavy atom. The number of rotatable bonds is 7. The summed E-state index contributed by atoms with van der Waals surface area (Å²) in [4.78, 5) is 13.1. The maximum atomic E-state index is 4.71. The second-order valence-electron chi connectivity index (χ2n) is 6.71. The van der Waals surface area contributed by atoms with E-state index >= 15 is 0 Å². The van der Waals surface area contributed by atoms with Gasteiger partial charge in [0.2, 0.25) is 0 Å². The number of guanidine groups is 1. The molecule has 1 atom stereocenters. The predicted octanol–water partition coefficient (Wildman–Crippen LogP) is 4.22. The van der Waals surface area contributed by atoms with Crippen LogP contribution in [0.2, 0.25) is 0 Å². The van der Waals surface area contributed by atoms with Crippen LogP contribution in [0, 0.1) is 0 Å². The molecule has 3 heterocycles. The van der Waals surface area contributed by atoms with Crippen molar-refractivity contribution >= 4 is 47.1 Å². The summed E-state index contributed by atoms with van der Waals surface area (Å²) in [6.07, 6.45) is 4.50. The Morgan fingerprint density at radius 2 is 2.07 bits per heavy atom. The van der Waals surface area contributed by atoms with E-state index in [2.05, 4.69) is 64.0 Å². The van der Waals surface area contributed by atoms with Gasteiger partial charge in [-0.2, -0.15) is 0 Å². The van der Waals surface area contributed by atoms with Crippen LogP contribution in [0.15, 0.2) is 40.8 Å². The van der Waals surface area contributed by atoms with Crippen LogP contribution in [0.3, 0.4) is 0 Å². The minimum absolute atomic E-state index is 0. The van der Waals surface area contributed by atoms with Gasteiger partial charge in [0.15, 0.2) is 5.96 Å². The first-order valence-electron chi connectivity index (χ1n) is 9.51. The van der Waals surface area contributed by atoms with E-state index in [1.807, 2.05) is 6.20 Å². The van der Waals surface area contributed by atoms with Gasteiger partial charge in [-0.3, -0.25) is 0 Å². The van der Waals surface area contributed by atoms with E-state index in [0.29, 0.717) is 12.5 Å². The minimum Gasteiger partial charge on any atom is -0.357 e. The second kappa shape index (κ2) is 11.5. The number of pyridine rings is 1. The molecule has 5 nitrogen and oxygen atoms in total. The zero-order valence-corrected chi connectivity index (χ0v) is 19.3. The number of aliphatic imine (C=N–C) groups is 1. The summed E-state index contributed by atoms with van der Waals surface area (Å²) in [7, 11) is 0. The van der Waals surface area contributed by atoms with Crippen molar-refractivity contribution in [1.29, 1.82) is 0 Å². The van der Waals surface area contributed by atoms with Crippen LogP contribution in [-0.2, 0) is 6.54 Å². The van der Waals surface area contributed by atoms with E-state index in [9.17, 15) is 0 Å². The van der Waals surface area contributed by atoms with Crippen LogP contribution >= 0.6 is 35.3 Å². The Kier molecular flexibility index (Phi) is 9.33. The fraction of sp³-hybridized carbons (Fsp3) is 0.500. The number of halogens is 1. The van der Waals surface area contributed by atoms with Crippen LogP contribution in [0.5, 0.6) is 0 Å². The molecule has 27 heavy (non-hydrogen) atoms. The summed E-state index contributed by atoms with van der Waals surface area (Å²) >= 11 is 1.81.